The number of ketones is 1. The number of hydrogen-bond acceptors (Lipinski definition) is 5. The molecule has 2 unspecified atom stereocenters. The highest BCUT2D eigenvalue weighted by molar-refractivity contribution is 5.93. The quantitative estimate of drug-likeness (QED) is 0.337. The first-order valence-electron chi connectivity index (χ1n) is 16.8. The fourth-order valence-electron chi connectivity index (χ4n) is 9.24. The van der Waals surface area contributed by atoms with E-state index >= 15 is 8.78 Å². The van der Waals surface area contributed by atoms with E-state index in [0.29, 0.717) is 58.4 Å². The molecule has 5 aliphatic rings. The van der Waals surface area contributed by atoms with Gasteiger partial charge in [0.1, 0.15) is 11.2 Å². The maximum atomic E-state index is 15.3. The van der Waals surface area contributed by atoms with Crippen molar-refractivity contribution in [3.05, 3.63) is 58.2 Å². The summed E-state index contributed by atoms with van der Waals surface area (Å²) in [4.78, 5) is 28.7. The topological polar surface area (TPSA) is 70.1 Å². The Kier molecular flexibility index (Phi) is 8.47. The molecule has 11 heteroatoms. The number of aliphatic hydroxyl groups is 1. The number of amides is 1. The van der Waals surface area contributed by atoms with Crippen LogP contribution in [0.4, 0.5) is 26.7 Å². The van der Waals surface area contributed by atoms with Gasteiger partial charge in [-0.2, -0.15) is 22.0 Å². The Morgan fingerprint density at radius 1 is 0.979 bits per heavy atom. The van der Waals surface area contributed by atoms with Crippen LogP contribution in [0.1, 0.15) is 89.7 Å². The summed E-state index contributed by atoms with van der Waals surface area (Å²) in [6.07, 6.45) is -3.09. The van der Waals surface area contributed by atoms with Crippen molar-refractivity contribution in [2.24, 2.45) is 17.3 Å². The molecule has 6 nitrogen and oxygen atoms in total. The summed E-state index contributed by atoms with van der Waals surface area (Å²) in [5, 5.41) is 11.5. The number of halogens is 5. The lowest BCUT2D eigenvalue weighted by atomic mass is 9.50. The van der Waals surface area contributed by atoms with Crippen molar-refractivity contribution in [2.45, 2.75) is 108 Å². The number of fused-ring (bicyclic) bond motifs is 4. The van der Waals surface area contributed by atoms with Gasteiger partial charge in [-0.25, -0.2) is 4.79 Å². The summed E-state index contributed by atoms with van der Waals surface area (Å²) in [6, 6.07) is 7.82. The largest absolute Gasteiger partial charge is 0.456 e. The normalized spacial score (nSPS) is 32.0. The molecule has 1 N–H and O–H groups in total. The number of allylic oxidation sites excluding steroid dienone is 4. The first-order valence-corrected chi connectivity index (χ1v) is 16.8. The van der Waals surface area contributed by atoms with E-state index in [1.54, 1.807) is 11.0 Å². The maximum Gasteiger partial charge on any atom is 0.456 e. The van der Waals surface area contributed by atoms with Crippen LogP contribution in [0, 0.1) is 17.3 Å². The zero-order valence-corrected chi connectivity index (χ0v) is 27.6. The van der Waals surface area contributed by atoms with Gasteiger partial charge in [-0.3, -0.25) is 9.69 Å². The van der Waals surface area contributed by atoms with Crippen LogP contribution in [0.15, 0.2) is 47.1 Å². The number of ether oxygens (including phenoxy) is 1. The molecule has 1 aliphatic heterocycles. The van der Waals surface area contributed by atoms with Crippen molar-refractivity contribution in [1.29, 1.82) is 0 Å². The molecule has 0 bridgehead atoms. The monoisotopic (exact) mass is 664 g/mol. The highest BCUT2D eigenvalue weighted by Gasteiger charge is 2.79. The third kappa shape index (κ3) is 5.83. The van der Waals surface area contributed by atoms with Gasteiger partial charge in [0.15, 0.2) is 5.78 Å². The number of benzene rings is 1. The summed E-state index contributed by atoms with van der Waals surface area (Å²) in [5.74, 6) is -6.45. The van der Waals surface area contributed by atoms with Crippen LogP contribution in [0.3, 0.4) is 0 Å². The van der Waals surface area contributed by atoms with E-state index in [1.165, 1.54) is 6.92 Å². The molecule has 2 saturated carbocycles. The molecular weight excluding hydrogens is 619 g/mol. The lowest BCUT2D eigenvalue weighted by molar-refractivity contribution is -0.362. The number of alkyl halides is 5. The number of rotatable bonds is 4. The average molecular weight is 665 g/mol. The van der Waals surface area contributed by atoms with Gasteiger partial charge < -0.3 is 14.7 Å². The molecule has 0 radical (unpaired) electrons. The van der Waals surface area contributed by atoms with Crippen molar-refractivity contribution in [2.75, 3.05) is 26.2 Å². The summed E-state index contributed by atoms with van der Waals surface area (Å²) >= 11 is 0. The predicted molar refractivity (Wildman–Crippen MR) is 166 cm³/mol. The van der Waals surface area contributed by atoms with Gasteiger partial charge in [0.05, 0.1) is 0 Å². The number of carbonyl (C=O) groups is 2. The van der Waals surface area contributed by atoms with E-state index in [1.807, 2.05) is 45.0 Å². The molecule has 1 amide bonds. The Bertz CT molecular complexity index is 1470. The smallest absolute Gasteiger partial charge is 0.444 e. The number of nitrogens with zero attached hydrogens (tertiary/aromatic N) is 2. The van der Waals surface area contributed by atoms with Gasteiger partial charge in [-0.15, -0.1) is 0 Å². The van der Waals surface area contributed by atoms with E-state index in [4.69, 9.17) is 4.74 Å². The van der Waals surface area contributed by atoms with E-state index in [9.17, 15) is 27.9 Å². The fourth-order valence-corrected chi connectivity index (χ4v) is 9.24. The molecule has 0 spiro atoms. The van der Waals surface area contributed by atoms with Crippen LogP contribution < -0.4 is 0 Å². The minimum absolute atomic E-state index is 0.0393. The second kappa shape index (κ2) is 11.7. The average Bonchev–Trinajstić information content (AvgIpc) is 3.27. The van der Waals surface area contributed by atoms with E-state index in [-0.39, 0.29) is 30.6 Å². The summed E-state index contributed by atoms with van der Waals surface area (Å²) in [5.41, 5.74) is -0.567. The third-order valence-corrected chi connectivity index (χ3v) is 11.6. The summed E-state index contributed by atoms with van der Waals surface area (Å²) < 4.78 is 77.5. The number of hydrogen-bond donors (Lipinski definition) is 1. The molecule has 3 fully saturated rings. The minimum Gasteiger partial charge on any atom is -0.444 e. The Labute approximate surface area is 273 Å². The van der Waals surface area contributed by atoms with Gasteiger partial charge in [-0.05, 0) is 99.5 Å². The Morgan fingerprint density at radius 3 is 2.26 bits per heavy atom. The zero-order valence-electron chi connectivity index (χ0n) is 27.6. The molecule has 258 valence electrons. The van der Waals surface area contributed by atoms with E-state index in [0.717, 1.165) is 27.8 Å². The van der Waals surface area contributed by atoms with Gasteiger partial charge >= 0.3 is 18.2 Å². The van der Waals surface area contributed by atoms with Crippen molar-refractivity contribution >= 4 is 11.9 Å². The van der Waals surface area contributed by atoms with Gasteiger partial charge in [0, 0.05) is 50.5 Å². The summed E-state index contributed by atoms with van der Waals surface area (Å²) in [6.45, 7) is 9.99. The second-order valence-electron chi connectivity index (χ2n) is 15.5. The molecule has 1 aromatic carbocycles. The molecule has 4 aliphatic carbocycles. The molecule has 6 rings (SSSR count). The molecule has 5 atom stereocenters. The third-order valence-electron chi connectivity index (χ3n) is 11.6. The highest BCUT2D eigenvalue weighted by atomic mass is 19.4. The minimum atomic E-state index is -5.87. The molecular formula is C36H45F5N2O4. The lowest BCUT2D eigenvalue weighted by Crippen LogP contribution is -2.65. The van der Waals surface area contributed by atoms with Crippen LogP contribution in [-0.2, 0) is 16.1 Å². The van der Waals surface area contributed by atoms with Crippen molar-refractivity contribution in [1.82, 2.24) is 9.80 Å². The Morgan fingerprint density at radius 2 is 1.64 bits per heavy atom. The fraction of sp³-hybridized carbons (Fsp3) is 0.667. The van der Waals surface area contributed by atoms with E-state index < -0.39 is 47.0 Å². The number of piperazine rings is 1. The van der Waals surface area contributed by atoms with Gasteiger partial charge in [0.25, 0.3) is 0 Å². The standard InChI is InChI=1S/C36H45F5N2O4/c1-32(2,3)47-31(45)43-17-15-42(16-18-43)21-22-5-7-23(8-6-22)28-20-33(4)29(13-14-34(33,46)35(37,38)36(39,40)41)27-11-9-24-19-25(44)10-12-26(24)30(27)28/h5-8,19,27-29,46H,9-18,20-21H2,1-4H3/t27?,28-,29?,33+,34+/m1/s1. The van der Waals surface area contributed by atoms with E-state index in [2.05, 4.69) is 4.90 Å². The van der Waals surface area contributed by atoms with Crippen LogP contribution in [0.5, 0.6) is 0 Å². The second-order valence-corrected chi connectivity index (χ2v) is 15.5. The van der Waals surface area contributed by atoms with Crippen LogP contribution in [0.2, 0.25) is 0 Å². The van der Waals surface area contributed by atoms with Crippen molar-refractivity contribution in [3.8, 4) is 0 Å². The van der Waals surface area contributed by atoms with Crippen molar-refractivity contribution < 1.29 is 41.4 Å². The van der Waals surface area contributed by atoms with Crippen LogP contribution >= 0.6 is 0 Å². The number of carbonyl (C=O) groups excluding carboxylic acids is 2. The lowest BCUT2D eigenvalue weighted by Gasteiger charge is -2.56. The van der Waals surface area contributed by atoms with Crippen LogP contribution in [-0.4, -0.2) is 76.3 Å². The first kappa shape index (κ1) is 34.1. The Balaban J connectivity index is 1.28. The first-order chi connectivity index (χ1) is 21.8. The van der Waals surface area contributed by atoms with Crippen LogP contribution in [0.25, 0.3) is 0 Å². The van der Waals surface area contributed by atoms with Gasteiger partial charge in [0.2, 0.25) is 0 Å². The predicted octanol–water partition coefficient (Wildman–Crippen LogP) is 7.57. The highest BCUT2D eigenvalue weighted by Crippen LogP contribution is 2.70. The molecule has 0 aromatic heterocycles. The Hall–Kier alpha value is -2.79. The SMILES string of the molecule is CC(C)(C)OC(=O)N1CCN(Cc2ccc([C@H]3C[C@@]4(C)C(CC[C@@]4(O)C(F)(F)C(F)(F)F)C4CCC5=CC(=O)CCC5=C43)cc2)CC1. The molecule has 47 heavy (non-hydrogen) atoms. The maximum absolute atomic E-state index is 15.3. The molecule has 1 saturated heterocycles. The zero-order chi connectivity index (χ0) is 34.2. The molecule has 1 heterocycles. The van der Waals surface area contributed by atoms with Gasteiger partial charge in [-0.1, -0.05) is 36.8 Å². The molecule has 1 aromatic rings. The summed E-state index contributed by atoms with van der Waals surface area (Å²) in [7, 11) is 0. The van der Waals surface area contributed by atoms with Crippen molar-refractivity contribution in [3.63, 3.8) is 0 Å².